The van der Waals surface area contributed by atoms with Crippen LogP contribution >= 0.6 is 11.3 Å². The van der Waals surface area contributed by atoms with Gasteiger partial charge in [-0.1, -0.05) is 19.9 Å². The Hall–Kier alpha value is -0.430. The summed E-state index contributed by atoms with van der Waals surface area (Å²) in [4.78, 5) is 1.06. The fraction of sp³-hybridized carbons (Fsp3) is 0.636. The molecule has 0 spiro atoms. The molecule has 0 radical (unpaired) electrons. The zero-order valence-corrected chi connectivity index (χ0v) is 12.1. The number of nitrogens with zero attached hydrogens (tertiary/aromatic N) is 1. The molecule has 0 saturated carbocycles. The predicted octanol–water partition coefficient (Wildman–Crippen LogP) is 1.51. The maximum atomic E-state index is 11.9. The minimum atomic E-state index is -3.15. The molecule has 0 fully saturated rings. The second-order valence-electron chi connectivity index (χ2n) is 4.26. The molecule has 1 N–H and O–H groups in total. The number of nitrogens with one attached hydrogen (secondary N) is 1. The number of rotatable bonds is 7. The number of sulfonamides is 1. The molecule has 0 aromatic carbocycles. The average molecular weight is 276 g/mol. The van der Waals surface area contributed by atoms with E-state index in [1.54, 1.807) is 18.4 Å². The van der Waals surface area contributed by atoms with Gasteiger partial charge in [-0.25, -0.2) is 8.42 Å². The highest BCUT2D eigenvalue weighted by atomic mass is 32.2. The van der Waals surface area contributed by atoms with Crippen molar-refractivity contribution >= 4 is 21.4 Å². The molecule has 1 aromatic heterocycles. The third-order valence-corrected chi connectivity index (χ3v) is 5.01. The third kappa shape index (κ3) is 5.16. The predicted molar refractivity (Wildman–Crippen MR) is 72.7 cm³/mol. The van der Waals surface area contributed by atoms with E-state index in [1.807, 2.05) is 31.4 Å². The molecule has 0 bridgehead atoms. The highest BCUT2D eigenvalue weighted by Gasteiger charge is 2.17. The maximum absolute atomic E-state index is 11.9. The Labute approximate surface area is 108 Å². The summed E-state index contributed by atoms with van der Waals surface area (Å²) >= 11 is 1.57. The van der Waals surface area contributed by atoms with Crippen LogP contribution in [0.1, 0.15) is 18.7 Å². The molecule has 0 unspecified atom stereocenters. The quantitative estimate of drug-likeness (QED) is 0.821. The van der Waals surface area contributed by atoms with E-state index in [9.17, 15) is 8.42 Å². The zero-order chi connectivity index (χ0) is 12.9. The normalized spacial score (nSPS) is 12.5. The van der Waals surface area contributed by atoms with Crippen LogP contribution in [-0.4, -0.2) is 38.1 Å². The van der Waals surface area contributed by atoms with Gasteiger partial charge in [0.2, 0.25) is 10.0 Å². The average Bonchev–Trinajstić information content (AvgIpc) is 2.69. The molecule has 1 heterocycles. The van der Waals surface area contributed by atoms with Crippen molar-refractivity contribution < 1.29 is 8.42 Å². The SMILES string of the molecule is CC(C)NCCS(=O)(=O)N(C)Cc1cccs1. The Balaban J connectivity index is 2.46. The van der Waals surface area contributed by atoms with Gasteiger partial charge in [0.05, 0.1) is 5.75 Å². The van der Waals surface area contributed by atoms with E-state index in [0.29, 0.717) is 19.1 Å². The fourth-order valence-corrected chi connectivity index (χ4v) is 3.21. The van der Waals surface area contributed by atoms with Gasteiger partial charge in [0.1, 0.15) is 0 Å². The Kier molecular flexibility index (Phi) is 5.58. The number of hydrogen-bond donors (Lipinski definition) is 1. The van der Waals surface area contributed by atoms with E-state index in [1.165, 1.54) is 4.31 Å². The Morgan fingerprint density at radius 2 is 2.18 bits per heavy atom. The van der Waals surface area contributed by atoms with Gasteiger partial charge in [-0.15, -0.1) is 11.3 Å². The summed E-state index contributed by atoms with van der Waals surface area (Å²) in [6.45, 7) is 4.96. The largest absolute Gasteiger partial charge is 0.313 e. The zero-order valence-electron chi connectivity index (χ0n) is 10.5. The van der Waals surface area contributed by atoms with E-state index in [0.717, 1.165) is 4.88 Å². The van der Waals surface area contributed by atoms with Gasteiger partial charge >= 0.3 is 0 Å². The summed E-state index contributed by atoms with van der Waals surface area (Å²) in [6.07, 6.45) is 0. The first-order valence-corrected chi connectivity index (χ1v) is 8.10. The lowest BCUT2D eigenvalue weighted by atomic mass is 10.4. The molecule has 98 valence electrons. The standard InChI is InChI=1S/C11H20N2O2S2/c1-10(2)12-6-8-17(14,15)13(3)9-11-5-4-7-16-11/h4-5,7,10,12H,6,8-9H2,1-3H3. The Morgan fingerprint density at radius 3 is 2.71 bits per heavy atom. The minimum Gasteiger partial charge on any atom is -0.313 e. The van der Waals surface area contributed by atoms with Gasteiger partial charge in [-0.05, 0) is 11.4 Å². The van der Waals surface area contributed by atoms with Gasteiger partial charge in [0.15, 0.2) is 0 Å². The topological polar surface area (TPSA) is 49.4 Å². The summed E-state index contributed by atoms with van der Waals surface area (Å²) in [7, 11) is -1.53. The van der Waals surface area contributed by atoms with Crippen molar-refractivity contribution in [2.24, 2.45) is 0 Å². The van der Waals surface area contributed by atoms with Crippen molar-refractivity contribution in [2.75, 3.05) is 19.3 Å². The number of thiophene rings is 1. The van der Waals surface area contributed by atoms with E-state index in [4.69, 9.17) is 0 Å². The van der Waals surface area contributed by atoms with Crippen molar-refractivity contribution in [3.05, 3.63) is 22.4 Å². The molecule has 1 aromatic rings. The van der Waals surface area contributed by atoms with Gasteiger partial charge in [-0.2, -0.15) is 4.31 Å². The summed E-state index contributed by atoms with van der Waals surface area (Å²) in [5.74, 6) is 0.146. The van der Waals surface area contributed by atoms with Crippen LogP contribution in [0.5, 0.6) is 0 Å². The lowest BCUT2D eigenvalue weighted by molar-refractivity contribution is 0.466. The summed E-state index contributed by atoms with van der Waals surface area (Å²) in [6, 6.07) is 4.19. The molecule has 0 aliphatic carbocycles. The summed E-state index contributed by atoms with van der Waals surface area (Å²) < 4.78 is 25.3. The fourth-order valence-electron chi connectivity index (χ4n) is 1.35. The molecule has 4 nitrogen and oxygen atoms in total. The highest BCUT2D eigenvalue weighted by molar-refractivity contribution is 7.89. The second-order valence-corrected chi connectivity index (χ2v) is 7.49. The molecule has 6 heteroatoms. The molecule has 0 amide bonds. The van der Waals surface area contributed by atoms with Gasteiger partial charge < -0.3 is 5.32 Å². The molecule has 17 heavy (non-hydrogen) atoms. The third-order valence-electron chi connectivity index (χ3n) is 2.35. The van der Waals surface area contributed by atoms with E-state index >= 15 is 0 Å². The Morgan fingerprint density at radius 1 is 1.47 bits per heavy atom. The van der Waals surface area contributed by atoms with Crippen LogP contribution in [0, 0.1) is 0 Å². The smallest absolute Gasteiger partial charge is 0.215 e. The van der Waals surface area contributed by atoms with Crippen molar-refractivity contribution in [3.8, 4) is 0 Å². The molecule has 0 atom stereocenters. The van der Waals surface area contributed by atoms with E-state index in [2.05, 4.69) is 5.32 Å². The van der Waals surface area contributed by atoms with Crippen LogP contribution < -0.4 is 5.32 Å². The van der Waals surface area contributed by atoms with Crippen LogP contribution in [0.15, 0.2) is 17.5 Å². The van der Waals surface area contributed by atoms with Crippen molar-refractivity contribution in [1.29, 1.82) is 0 Å². The van der Waals surface area contributed by atoms with Crippen molar-refractivity contribution in [1.82, 2.24) is 9.62 Å². The van der Waals surface area contributed by atoms with E-state index < -0.39 is 10.0 Å². The van der Waals surface area contributed by atoms with Gasteiger partial charge in [-0.3, -0.25) is 0 Å². The van der Waals surface area contributed by atoms with E-state index in [-0.39, 0.29) is 5.75 Å². The van der Waals surface area contributed by atoms with Gasteiger partial charge in [0.25, 0.3) is 0 Å². The first kappa shape index (κ1) is 14.6. The highest BCUT2D eigenvalue weighted by Crippen LogP contribution is 2.13. The molecule has 0 aliphatic heterocycles. The van der Waals surface area contributed by atoms with Crippen LogP contribution in [-0.2, 0) is 16.6 Å². The molecule has 0 saturated heterocycles. The number of hydrogen-bond acceptors (Lipinski definition) is 4. The van der Waals surface area contributed by atoms with Crippen LogP contribution in [0.4, 0.5) is 0 Å². The monoisotopic (exact) mass is 276 g/mol. The maximum Gasteiger partial charge on any atom is 0.215 e. The summed E-state index contributed by atoms with van der Waals surface area (Å²) in [5, 5.41) is 5.07. The lowest BCUT2D eigenvalue weighted by Gasteiger charge is -2.17. The van der Waals surface area contributed by atoms with Crippen LogP contribution in [0.25, 0.3) is 0 Å². The molecule has 1 rings (SSSR count). The first-order valence-electron chi connectivity index (χ1n) is 5.61. The lowest BCUT2D eigenvalue weighted by Crippen LogP contribution is -2.35. The first-order chi connectivity index (χ1) is 7.92. The molecule has 0 aliphatic rings. The minimum absolute atomic E-state index is 0.146. The van der Waals surface area contributed by atoms with Crippen molar-refractivity contribution in [2.45, 2.75) is 26.4 Å². The molecular weight excluding hydrogens is 256 g/mol. The van der Waals surface area contributed by atoms with Crippen LogP contribution in [0.3, 0.4) is 0 Å². The second kappa shape index (κ2) is 6.49. The van der Waals surface area contributed by atoms with Crippen LogP contribution in [0.2, 0.25) is 0 Å². The van der Waals surface area contributed by atoms with Crippen molar-refractivity contribution in [3.63, 3.8) is 0 Å². The Bertz CT molecular complexity index is 413. The molecular formula is C11H20N2O2S2. The van der Waals surface area contributed by atoms with Gasteiger partial charge in [0, 0.05) is 31.1 Å². The summed E-state index contributed by atoms with van der Waals surface area (Å²) in [5.41, 5.74) is 0.